The highest BCUT2D eigenvalue weighted by Crippen LogP contribution is 2.49. The largest absolute Gasteiger partial charge is 0.462 e. The lowest BCUT2D eigenvalue weighted by atomic mass is 9.58. The van der Waals surface area contributed by atoms with Gasteiger partial charge in [-0.2, -0.15) is 0 Å². The van der Waals surface area contributed by atoms with E-state index in [0.717, 1.165) is 58.2 Å². The quantitative estimate of drug-likeness (QED) is 0.629. The summed E-state index contributed by atoms with van der Waals surface area (Å²) in [5, 5.41) is 11.9. The van der Waals surface area contributed by atoms with Gasteiger partial charge in [-0.25, -0.2) is 4.79 Å². The average molecular weight is 382 g/mol. The first-order valence-electron chi connectivity index (χ1n) is 11.5. The first kappa shape index (κ1) is 22.7. The summed E-state index contributed by atoms with van der Waals surface area (Å²) in [6, 6.07) is 0. The number of aliphatic hydroxyl groups is 1. The lowest BCUT2D eigenvalue weighted by Gasteiger charge is -2.49. The van der Waals surface area contributed by atoms with E-state index in [-0.39, 0.29) is 17.8 Å². The van der Waals surface area contributed by atoms with Gasteiger partial charge >= 0.3 is 5.97 Å². The molecule has 0 spiro atoms. The molecular weight excluding hydrogens is 338 g/mol. The summed E-state index contributed by atoms with van der Waals surface area (Å²) in [6.07, 6.45) is 7.39. The van der Waals surface area contributed by atoms with Crippen LogP contribution in [0, 0.1) is 29.6 Å². The molecule has 0 aromatic heterocycles. The Morgan fingerprint density at radius 2 is 1.63 bits per heavy atom. The molecule has 2 saturated carbocycles. The van der Waals surface area contributed by atoms with Crippen molar-refractivity contribution < 1.29 is 14.6 Å². The molecule has 0 radical (unpaired) electrons. The molecule has 0 aromatic rings. The Labute approximate surface area is 167 Å². The summed E-state index contributed by atoms with van der Waals surface area (Å²) in [5.41, 5.74) is -1.31. The molecule has 2 rings (SSSR count). The highest BCUT2D eigenvalue weighted by atomic mass is 16.5. The normalized spacial score (nSPS) is 32.3. The van der Waals surface area contributed by atoms with Crippen molar-refractivity contribution in [3.8, 4) is 0 Å². The van der Waals surface area contributed by atoms with Crippen molar-refractivity contribution in [3.05, 3.63) is 0 Å². The predicted octanol–water partition coefficient (Wildman–Crippen LogP) is 4.50. The van der Waals surface area contributed by atoms with Gasteiger partial charge in [0, 0.05) is 12.5 Å². The summed E-state index contributed by atoms with van der Waals surface area (Å²) in [4.78, 5) is 15.5. The molecule has 1 N–H and O–H groups in total. The van der Waals surface area contributed by atoms with Gasteiger partial charge in [0.1, 0.15) is 6.61 Å². The number of esters is 1. The number of hydrogen-bond donors (Lipinski definition) is 1. The van der Waals surface area contributed by atoms with Crippen molar-refractivity contribution >= 4 is 5.97 Å². The Bertz CT molecular complexity index is 459. The molecule has 0 aliphatic heterocycles. The van der Waals surface area contributed by atoms with Crippen LogP contribution in [0.3, 0.4) is 0 Å². The third kappa shape index (κ3) is 5.06. The summed E-state index contributed by atoms with van der Waals surface area (Å²) < 4.78 is 5.73. The fraction of sp³-hybridized carbons (Fsp3) is 0.957. The summed E-state index contributed by atoms with van der Waals surface area (Å²) >= 11 is 0. The number of hydrogen-bond acceptors (Lipinski definition) is 4. The number of rotatable bonds is 8. The molecular formula is C23H43NO3. The molecule has 5 atom stereocenters. The molecule has 27 heavy (non-hydrogen) atoms. The smallest absolute Gasteiger partial charge is 0.338 e. The first-order valence-corrected chi connectivity index (χ1v) is 11.5. The van der Waals surface area contributed by atoms with Crippen LogP contribution in [0.2, 0.25) is 0 Å². The second-order valence-electron chi connectivity index (χ2n) is 9.20. The lowest BCUT2D eigenvalue weighted by molar-refractivity contribution is -0.191. The van der Waals surface area contributed by atoms with E-state index in [0.29, 0.717) is 24.4 Å². The first-order chi connectivity index (χ1) is 12.9. The zero-order valence-corrected chi connectivity index (χ0v) is 18.4. The fourth-order valence-corrected chi connectivity index (χ4v) is 5.56. The van der Waals surface area contributed by atoms with Crippen molar-refractivity contribution in [1.29, 1.82) is 0 Å². The molecule has 0 amide bonds. The Kier molecular flexibility index (Phi) is 8.61. The van der Waals surface area contributed by atoms with Gasteiger partial charge in [0.25, 0.3) is 0 Å². The minimum atomic E-state index is -1.31. The zero-order chi connectivity index (χ0) is 20.0. The SMILES string of the molecule is CCN(CC)CCOC(=O)[C@](O)(C1CCCCC1)[C@@H]1CC[C@H](C)[C@H](C)[C@@H]1C. The maximum Gasteiger partial charge on any atom is 0.338 e. The monoisotopic (exact) mass is 381 g/mol. The lowest BCUT2D eigenvalue weighted by Crippen LogP contribution is -2.57. The van der Waals surface area contributed by atoms with Crippen molar-refractivity contribution in [1.82, 2.24) is 4.90 Å². The van der Waals surface area contributed by atoms with Gasteiger partial charge in [-0.05, 0) is 56.0 Å². The highest BCUT2D eigenvalue weighted by Gasteiger charge is 2.54. The van der Waals surface area contributed by atoms with Crippen LogP contribution >= 0.6 is 0 Å². The standard InChI is InChI=1S/C23H43NO3/c1-6-24(7-2)15-16-27-22(25)23(26,20-11-9-8-10-12-20)21-14-13-17(3)18(4)19(21)5/h17-21,26H,6-16H2,1-5H3/t17-,18-,19-,21+,23-/m0/s1. The van der Waals surface area contributed by atoms with E-state index in [1.54, 1.807) is 0 Å². The van der Waals surface area contributed by atoms with E-state index in [1.165, 1.54) is 6.42 Å². The molecule has 4 heteroatoms. The molecule has 2 fully saturated rings. The maximum absolute atomic E-state index is 13.3. The third-order valence-corrected chi connectivity index (χ3v) is 7.95. The Morgan fingerprint density at radius 1 is 1.00 bits per heavy atom. The van der Waals surface area contributed by atoms with Crippen LogP contribution in [-0.4, -0.2) is 47.8 Å². The Hall–Kier alpha value is -0.610. The summed E-state index contributed by atoms with van der Waals surface area (Å²) in [6.45, 7) is 14.1. The van der Waals surface area contributed by atoms with Crippen LogP contribution < -0.4 is 0 Å². The minimum Gasteiger partial charge on any atom is -0.462 e. The van der Waals surface area contributed by atoms with Gasteiger partial charge in [0.05, 0.1) is 0 Å². The van der Waals surface area contributed by atoms with Crippen molar-refractivity contribution in [2.75, 3.05) is 26.2 Å². The van der Waals surface area contributed by atoms with Gasteiger partial charge in [-0.1, -0.05) is 60.3 Å². The number of ether oxygens (including phenoxy) is 1. The topological polar surface area (TPSA) is 49.8 Å². The van der Waals surface area contributed by atoms with Gasteiger partial charge < -0.3 is 14.7 Å². The Morgan fingerprint density at radius 3 is 2.22 bits per heavy atom. The molecule has 0 heterocycles. The average Bonchev–Trinajstić information content (AvgIpc) is 2.69. The minimum absolute atomic E-state index is 0.0211. The fourth-order valence-electron chi connectivity index (χ4n) is 5.56. The van der Waals surface area contributed by atoms with Crippen LogP contribution in [0.5, 0.6) is 0 Å². The van der Waals surface area contributed by atoms with Gasteiger partial charge in [-0.15, -0.1) is 0 Å². The Balaban J connectivity index is 2.15. The zero-order valence-electron chi connectivity index (χ0n) is 18.4. The van der Waals surface area contributed by atoms with E-state index < -0.39 is 5.60 Å². The number of nitrogens with zero attached hydrogens (tertiary/aromatic N) is 1. The molecule has 4 nitrogen and oxygen atoms in total. The van der Waals surface area contributed by atoms with E-state index in [4.69, 9.17) is 4.74 Å². The van der Waals surface area contributed by atoms with E-state index in [2.05, 4.69) is 39.5 Å². The molecule has 0 bridgehead atoms. The second-order valence-corrected chi connectivity index (χ2v) is 9.20. The molecule has 0 unspecified atom stereocenters. The second kappa shape index (κ2) is 10.2. The molecule has 158 valence electrons. The van der Waals surface area contributed by atoms with Crippen molar-refractivity contribution in [3.63, 3.8) is 0 Å². The summed E-state index contributed by atoms with van der Waals surface area (Å²) in [7, 11) is 0. The number of carbonyl (C=O) groups is 1. The van der Waals surface area contributed by atoms with E-state index >= 15 is 0 Å². The highest BCUT2D eigenvalue weighted by molar-refractivity contribution is 5.80. The van der Waals surface area contributed by atoms with Crippen LogP contribution in [0.15, 0.2) is 0 Å². The predicted molar refractivity (Wildman–Crippen MR) is 110 cm³/mol. The van der Waals surface area contributed by atoms with Crippen LogP contribution in [0.25, 0.3) is 0 Å². The van der Waals surface area contributed by atoms with E-state index in [9.17, 15) is 9.90 Å². The van der Waals surface area contributed by atoms with Gasteiger partial charge in [0.2, 0.25) is 0 Å². The van der Waals surface area contributed by atoms with Crippen LogP contribution in [0.1, 0.15) is 79.6 Å². The number of carbonyl (C=O) groups excluding carboxylic acids is 1. The molecule has 2 aliphatic carbocycles. The molecule has 2 aliphatic rings. The van der Waals surface area contributed by atoms with Crippen LogP contribution in [0.4, 0.5) is 0 Å². The van der Waals surface area contributed by atoms with Crippen molar-refractivity contribution in [2.45, 2.75) is 85.2 Å². The van der Waals surface area contributed by atoms with Gasteiger partial charge in [-0.3, -0.25) is 0 Å². The third-order valence-electron chi connectivity index (χ3n) is 7.95. The molecule has 0 saturated heterocycles. The van der Waals surface area contributed by atoms with Crippen molar-refractivity contribution in [2.24, 2.45) is 29.6 Å². The van der Waals surface area contributed by atoms with E-state index in [1.807, 2.05) is 0 Å². The number of likely N-dealkylation sites (N-methyl/N-ethyl adjacent to an activating group) is 1. The summed E-state index contributed by atoms with van der Waals surface area (Å²) in [5.74, 6) is 1.26. The molecule has 0 aromatic carbocycles. The maximum atomic E-state index is 13.3. The van der Waals surface area contributed by atoms with Gasteiger partial charge in [0.15, 0.2) is 5.60 Å². The van der Waals surface area contributed by atoms with Crippen LogP contribution in [-0.2, 0) is 9.53 Å².